The van der Waals surface area contributed by atoms with E-state index in [-0.39, 0.29) is 60.2 Å². The fourth-order valence-electron chi connectivity index (χ4n) is 10.7. The Morgan fingerprint density at radius 3 is 2.57 bits per heavy atom. The lowest BCUT2D eigenvalue weighted by Crippen LogP contribution is -2.58. The Labute approximate surface area is 218 Å². The Morgan fingerprint density at radius 1 is 1.11 bits per heavy atom. The molecular formula is C31H39NO5. The second-order valence-electron chi connectivity index (χ2n) is 13.9. The molecule has 8 rings (SSSR count). The van der Waals surface area contributed by atoms with Crippen LogP contribution < -0.4 is 10.1 Å². The molecule has 198 valence electrons. The number of ether oxygens (including phenoxy) is 1. The van der Waals surface area contributed by atoms with E-state index in [2.05, 4.69) is 39.1 Å². The number of amides is 1. The molecule has 1 spiro atoms. The number of nitrogens with one attached hydrogen (secondary N) is 1. The molecule has 4 aliphatic carbocycles. The summed E-state index contributed by atoms with van der Waals surface area (Å²) in [5.74, 6) is 0.697. The van der Waals surface area contributed by atoms with Gasteiger partial charge in [0, 0.05) is 36.5 Å². The van der Waals surface area contributed by atoms with Crippen molar-refractivity contribution in [1.29, 1.82) is 0 Å². The Morgan fingerprint density at radius 2 is 1.84 bits per heavy atom. The van der Waals surface area contributed by atoms with Crippen LogP contribution in [-0.4, -0.2) is 39.8 Å². The molecule has 6 heteroatoms. The van der Waals surface area contributed by atoms with E-state index in [9.17, 15) is 19.8 Å². The third kappa shape index (κ3) is 3.06. The van der Waals surface area contributed by atoms with Gasteiger partial charge in [-0.1, -0.05) is 44.6 Å². The van der Waals surface area contributed by atoms with E-state index < -0.39 is 29.1 Å². The van der Waals surface area contributed by atoms with Crippen molar-refractivity contribution in [3.05, 3.63) is 41.5 Å². The van der Waals surface area contributed by atoms with E-state index in [1.54, 1.807) is 0 Å². The van der Waals surface area contributed by atoms with E-state index >= 15 is 0 Å². The molecule has 5 bridgehead atoms. The number of Topliss-reactive ketones (excluding diaryl/α,β-unsaturated/α-hetero) is 1. The van der Waals surface area contributed by atoms with Crippen LogP contribution in [0, 0.1) is 52.3 Å². The van der Waals surface area contributed by atoms with E-state index in [4.69, 9.17) is 4.74 Å². The van der Waals surface area contributed by atoms with Gasteiger partial charge in [0.2, 0.25) is 5.91 Å². The van der Waals surface area contributed by atoms with Crippen molar-refractivity contribution < 1.29 is 24.5 Å². The van der Waals surface area contributed by atoms with Gasteiger partial charge in [-0.3, -0.25) is 9.59 Å². The average molecular weight is 506 g/mol. The molecule has 3 aliphatic heterocycles. The quantitative estimate of drug-likeness (QED) is 0.370. The van der Waals surface area contributed by atoms with Crippen LogP contribution in [0.2, 0.25) is 0 Å². The Balaban J connectivity index is 1.47. The lowest BCUT2D eigenvalue weighted by atomic mass is 9.51. The van der Waals surface area contributed by atoms with Crippen molar-refractivity contribution >= 4 is 11.7 Å². The molecule has 6 nitrogen and oxygen atoms in total. The van der Waals surface area contributed by atoms with Crippen LogP contribution in [0.25, 0.3) is 0 Å². The zero-order valence-electron chi connectivity index (χ0n) is 22.2. The number of allylic oxidation sites excluding steroid dienone is 1. The average Bonchev–Trinajstić information content (AvgIpc) is 3.21. The number of aliphatic hydroxyl groups is 2. The third-order valence-corrected chi connectivity index (χ3v) is 11.4. The largest absolute Gasteiger partial charge is 0.490 e. The van der Waals surface area contributed by atoms with Gasteiger partial charge in [0.15, 0.2) is 5.78 Å². The Hall–Kier alpha value is -2.18. The summed E-state index contributed by atoms with van der Waals surface area (Å²) in [6.07, 6.45) is 3.62. The molecule has 12 atom stereocenters. The standard InChI is InChI=1S/C31H39NO5/c1-15-9-16(2)25-26-23-22-20(10-17(3)24(23)29(25,4)11-15)21(33)13-30(27(22)34)14-31(36,32-28(30)35)12-18-5-7-19(37-26)8-6-18/h5-8,10,15-16,20-26,33,36H,9,11-14H2,1-4H3,(H,32,35)/t15-,16+,20-,21-,22+,23-,24-,25+,26+,29+,30?,31-/m1/s1. The lowest BCUT2D eigenvalue weighted by Gasteiger charge is -2.51. The highest BCUT2D eigenvalue weighted by Crippen LogP contribution is 2.68. The fourth-order valence-corrected chi connectivity index (χ4v) is 10.7. The van der Waals surface area contributed by atoms with Crippen LogP contribution in [0.4, 0.5) is 0 Å². The fraction of sp³-hybridized carbons (Fsp3) is 0.677. The normalized spacial score (nSPS) is 51.7. The predicted molar refractivity (Wildman–Crippen MR) is 137 cm³/mol. The van der Waals surface area contributed by atoms with Gasteiger partial charge < -0.3 is 20.3 Å². The highest BCUT2D eigenvalue weighted by Gasteiger charge is 2.71. The van der Waals surface area contributed by atoms with Crippen LogP contribution in [0.1, 0.15) is 58.9 Å². The van der Waals surface area contributed by atoms with Crippen molar-refractivity contribution in [3.8, 4) is 5.75 Å². The van der Waals surface area contributed by atoms with Crippen LogP contribution in [0.3, 0.4) is 0 Å². The minimum atomic E-state index is -1.52. The molecule has 0 aromatic heterocycles. The first-order chi connectivity index (χ1) is 17.5. The molecule has 4 fully saturated rings. The topological polar surface area (TPSA) is 95.9 Å². The molecule has 37 heavy (non-hydrogen) atoms. The summed E-state index contributed by atoms with van der Waals surface area (Å²) in [6, 6.07) is 7.85. The van der Waals surface area contributed by atoms with Gasteiger partial charge >= 0.3 is 0 Å². The minimum absolute atomic E-state index is 0.000557. The maximum Gasteiger partial charge on any atom is 0.236 e. The van der Waals surface area contributed by atoms with Gasteiger partial charge in [-0.15, -0.1) is 0 Å². The van der Waals surface area contributed by atoms with Gasteiger partial charge in [-0.25, -0.2) is 0 Å². The molecular weight excluding hydrogens is 466 g/mol. The van der Waals surface area contributed by atoms with Gasteiger partial charge in [0.05, 0.1) is 6.10 Å². The van der Waals surface area contributed by atoms with Gasteiger partial charge in [-0.2, -0.15) is 0 Å². The highest BCUT2D eigenvalue weighted by atomic mass is 16.5. The second kappa shape index (κ2) is 7.47. The maximum atomic E-state index is 14.7. The number of fused-ring (bicyclic) bond motifs is 4. The van der Waals surface area contributed by atoms with Crippen LogP contribution in [0.15, 0.2) is 35.9 Å². The summed E-state index contributed by atoms with van der Waals surface area (Å²) >= 11 is 0. The number of carbonyl (C=O) groups is 2. The highest BCUT2D eigenvalue weighted by molar-refractivity contribution is 6.09. The summed E-state index contributed by atoms with van der Waals surface area (Å²) in [6.45, 7) is 9.25. The number of carbonyl (C=O) groups excluding carboxylic acids is 2. The number of aliphatic hydroxyl groups excluding tert-OH is 1. The third-order valence-electron chi connectivity index (χ3n) is 11.4. The zero-order valence-corrected chi connectivity index (χ0v) is 22.2. The molecule has 3 heterocycles. The van der Waals surface area contributed by atoms with Gasteiger partial charge in [0.1, 0.15) is 23.0 Å². The number of hydrogen-bond donors (Lipinski definition) is 3. The summed E-state index contributed by atoms with van der Waals surface area (Å²) in [5.41, 5.74) is -0.847. The van der Waals surface area contributed by atoms with Crippen molar-refractivity contribution in [1.82, 2.24) is 5.32 Å². The second-order valence-corrected chi connectivity index (χ2v) is 13.9. The van der Waals surface area contributed by atoms with E-state index in [1.807, 2.05) is 24.3 Å². The Bertz CT molecular complexity index is 1210. The first kappa shape index (κ1) is 23.9. The van der Waals surface area contributed by atoms with Crippen LogP contribution in [0.5, 0.6) is 5.75 Å². The van der Waals surface area contributed by atoms with Crippen LogP contribution in [-0.2, 0) is 16.0 Å². The monoisotopic (exact) mass is 505 g/mol. The first-order valence-corrected chi connectivity index (χ1v) is 14.2. The SMILES string of the molecule is CC1=C[C@H]2[C@@H]3C(=O)C4(C[C@H]2O)C[C@](O)(Cc2ccc(cc2)O[C@H]2[C@H]3[C@@H]1[C@]1(C)C[C@H](C)C[C@H](C)[C@@H]21)NC4=O. The molecule has 3 N–H and O–H groups in total. The molecule has 0 radical (unpaired) electrons. The van der Waals surface area contributed by atoms with Crippen molar-refractivity contribution in [2.45, 2.75) is 77.7 Å². The summed E-state index contributed by atoms with van der Waals surface area (Å²) in [5, 5.41) is 25.8. The number of hydrogen-bond acceptors (Lipinski definition) is 5. The number of rotatable bonds is 0. The van der Waals surface area contributed by atoms with E-state index in [0.29, 0.717) is 11.8 Å². The van der Waals surface area contributed by atoms with Crippen molar-refractivity contribution in [2.24, 2.45) is 52.3 Å². The molecule has 1 amide bonds. The molecule has 1 saturated heterocycles. The van der Waals surface area contributed by atoms with Crippen molar-refractivity contribution in [3.63, 3.8) is 0 Å². The van der Waals surface area contributed by atoms with Gasteiger partial charge in [-0.05, 0) is 67.1 Å². The Kier molecular flexibility index (Phi) is 4.83. The number of benzene rings is 1. The molecule has 1 unspecified atom stereocenters. The number of ketones is 1. The lowest BCUT2D eigenvalue weighted by molar-refractivity contribution is -0.158. The van der Waals surface area contributed by atoms with Crippen LogP contribution >= 0.6 is 0 Å². The summed E-state index contributed by atoms with van der Waals surface area (Å²) < 4.78 is 6.93. The molecule has 1 aromatic carbocycles. The van der Waals surface area contributed by atoms with E-state index in [1.165, 1.54) is 5.57 Å². The minimum Gasteiger partial charge on any atom is -0.490 e. The molecule has 7 aliphatic rings. The maximum absolute atomic E-state index is 14.7. The predicted octanol–water partition coefficient (Wildman–Crippen LogP) is 3.65. The molecule has 1 aromatic rings. The smallest absolute Gasteiger partial charge is 0.236 e. The van der Waals surface area contributed by atoms with E-state index in [0.717, 1.165) is 24.2 Å². The van der Waals surface area contributed by atoms with Crippen molar-refractivity contribution in [2.75, 3.05) is 0 Å². The first-order valence-electron chi connectivity index (χ1n) is 14.2. The summed E-state index contributed by atoms with van der Waals surface area (Å²) in [4.78, 5) is 28.3. The molecule has 3 saturated carbocycles. The summed E-state index contributed by atoms with van der Waals surface area (Å²) in [7, 11) is 0. The zero-order chi connectivity index (χ0) is 26.1. The van der Waals surface area contributed by atoms with Gasteiger partial charge in [0.25, 0.3) is 0 Å².